The summed E-state index contributed by atoms with van der Waals surface area (Å²) in [5.74, 6) is 0. The zero-order valence-corrected chi connectivity index (χ0v) is 47.9. The highest BCUT2D eigenvalue weighted by molar-refractivity contribution is 4.99. The molecule has 0 saturated heterocycles. The van der Waals surface area contributed by atoms with Crippen LogP contribution in [0.25, 0.3) is 0 Å². The van der Waals surface area contributed by atoms with Crippen molar-refractivity contribution in [2.75, 3.05) is 52.9 Å². The van der Waals surface area contributed by atoms with E-state index in [1.807, 2.05) is 0 Å². The minimum atomic E-state index is -2.19. The van der Waals surface area contributed by atoms with E-state index in [9.17, 15) is 61.3 Å². The van der Waals surface area contributed by atoms with Crippen LogP contribution in [0.2, 0.25) is 0 Å². The van der Waals surface area contributed by atoms with E-state index in [0.29, 0.717) is 12.8 Å². The van der Waals surface area contributed by atoms with E-state index in [1.54, 1.807) is 0 Å². The molecule has 0 amide bonds. The van der Waals surface area contributed by atoms with E-state index in [0.717, 1.165) is 89.9 Å². The van der Waals surface area contributed by atoms with Crippen LogP contribution < -0.4 is 0 Å². The van der Waals surface area contributed by atoms with Crippen molar-refractivity contribution in [1.82, 2.24) is 0 Å². The van der Waals surface area contributed by atoms with Gasteiger partial charge in [0.1, 0.15) is 11.2 Å². The molecule has 0 aromatic heterocycles. The van der Waals surface area contributed by atoms with Crippen LogP contribution in [0.3, 0.4) is 0 Å². The van der Waals surface area contributed by atoms with Gasteiger partial charge in [-0.15, -0.1) is 0 Å². The summed E-state index contributed by atoms with van der Waals surface area (Å²) in [6.07, 6.45) is 23.3. The molecule has 0 rings (SSSR count). The maximum Gasteiger partial charge on any atom is 0.138 e. The third-order valence-corrected chi connectivity index (χ3v) is 14.0. The fourth-order valence-corrected chi connectivity index (χ4v) is 9.49. The lowest BCUT2D eigenvalue weighted by Gasteiger charge is -2.47. The number of ether oxygens (including phenoxy) is 1. The highest BCUT2D eigenvalue weighted by Gasteiger charge is 2.53. The second kappa shape index (κ2) is 52.8. The van der Waals surface area contributed by atoms with Gasteiger partial charge in [0, 0.05) is 38.5 Å². The van der Waals surface area contributed by atoms with Gasteiger partial charge < -0.3 is 66.0 Å². The lowest BCUT2D eigenvalue weighted by Crippen LogP contribution is -2.59. The molecule has 0 aromatic carbocycles. The van der Waals surface area contributed by atoms with Gasteiger partial charge in [-0.3, -0.25) is 0 Å². The number of hydrogen-bond donors (Lipinski definition) is 12. The normalized spacial score (nSPS) is 17.1. The minimum Gasteiger partial charge on any atom is -0.394 e. The average Bonchev–Trinajstić information content (AvgIpc) is 3.43. The van der Waals surface area contributed by atoms with E-state index >= 15 is 0 Å². The monoisotopic (exact) mass is 1110 g/mol. The zero-order chi connectivity index (χ0) is 57.1. The van der Waals surface area contributed by atoms with Crippen LogP contribution in [0.4, 0.5) is 0 Å². The van der Waals surface area contributed by atoms with E-state index in [4.69, 9.17) is 34.4 Å². The van der Waals surface area contributed by atoms with Gasteiger partial charge in [-0.25, -0.2) is 9.78 Å². The topological polar surface area (TPSA) is 307 Å². The molecule has 0 aliphatic carbocycles. The molecule has 0 spiro atoms. The Balaban J connectivity index is 6.16. The summed E-state index contributed by atoms with van der Waals surface area (Å²) in [5, 5.41) is 137. The number of aliphatic hydroxyl groups excluding tert-OH is 12. The molecule has 0 fully saturated rings. The predicted octanol–water partition coefficient (Wildman–Crippen LogP) is 7.51. The second-order valence-electron chi connectivity index (χ2n) is 21.4. The van der Waals surface area contributed by atoms with Gasteiger partial charge in [0.15, 0.2) is 0 Å². The molecule has 0 radical (unpaired) electrons. The summed E-state index contributed by atoms with van der Waals surface area (Å²) in [4.78, 5) is 22.6. The summed E-state index contributed by atoms with van der Waals surface area (Å²) in [6, 6.07) is 0. The first-order valence-corrected chi connectivity index (χ1v) is 30.0. The Morgan fingerprint density at radius 1 is 0.325 bits per heavy atom. The summed E-state index contributed by atoms with van der Waals surface area (Å²) >= 11 is 0. The van der Waals surface area contributed by atoms with Crippen molar-refractivity contribution in [2.45, 2.75) is 292 Å². The molecule has 77 heavy (non-hydrogen) atoms. The van der Waals surface area contributed by atoms with Gasteiger partial charge in [0.25, 0.3) is 0 Å². The first kappa shape index (κ1) is 75.7. The van der Waals surface area contributed by atoms with Crippen molar-refractivity contribution < 1.29 is 95.6 Å². The summed E-state index contributed by atoms with van der Waals surface area (Å²) in [5.41, 5.74) is -4.38. The Labute approximate surface area is 463 Å². The van der Waals surface area contributed by atoms with Crippen molar-refractivity contribution in [3.8, 4) is 0 Å². The van der Waals surface area contributed by atoms with Crippen molar-refractivity contribution in [1.29, 1.82) is 0 Å². The van der Waals surface area contributed by atoms with E-state index in [1.165, 1.54) is 77.0 Å². The Morgan fingerprint density at radius 3 is 0.831 bits per heavy atom. The van der Waals surface area contributed by atoms with Gasteiger partial charge in [-0.1, -0.05) is 164 Å². The molecule has 8 atom stereocenters. The second-order valence-corrected chi connectivity index (χ2v) is 21.4. The number of aliphatic hydroxyl groups is 12. The van der Waals surface area contributed by atoms with E-state index in [-0.39, 0.29) is 13.2 Å². The molecular weight excluding hydrogens is 1000 g/mol. The Kier molecular flexibility index (Phi) is 51.9. The SMILES string of the molecule is CCCCCCCC/C=C\CCCCCCCCOOOC(CC(O)CO)(CC(O)CO)C(CC(O)CO)OC(CC(O)CO)C(CC(O)CO)(CC(O)CO)OOOCCCCCCCC/C=C\CCCCCCCC. The lowest BCUT2D eigenvalue weighted by atomic mass is 9.79. The number of unbranched alkanes of at least 4 members (excludes halogenated alkanes) is 24. The summed E-state index contributed by atoms with van der Waals surface area (Å²) in [6.45, 7) is -0.547. The molecular formula is C58H114O19. The molecule has 0 heterocycles. The molecule has 0 bridgehead atoms. The number of rotatable bonds is 60. The quantitative estimate of drug-likeness (QED) is 0.0121. The Morgan fingerprint density at radius 2 is 0.571 bits per heavy atom. The lowest BCUT2D eigenvalue weighted by molar-refractivity contribution is -0.562. The third-order valence-electron chi connectivity index (χ3n) is 14.0. The minimum absolute atomic E-state index is 0.0438. The summed E-state index contributed by atoms with van der Waals surface area (Å²) in [7, 11) is 0. The van der Waals surface area contributed by atoms with Crippen LogP contribution in [-0.2, 0) is 34.4 Å². The molecule has 0 saturated carbocycles. The molecule has 0 aromatic rings. The molecule has 19 heteroatoms. The standard InChI is InChI=1S/C58H114O19/c1-3-5-7-9-11-13-15-17-19-21-23-25-27-29-31-33-35-71-76-74-57(39-51(67)45-61,40-52(68)46-62)55(37-49(65)43-59)73-56(38-50(66)44-60)58(41-53(69)47-63,42-54(70)48-64)75-77-72-36-34-32-30-28-26-24-22-20-18-16-14-12-10-8-6-4-2/h17-20,49-56,59-70H,3-16,21-48H2,1-2H3/b19-17-,20-18-. The molecule has 8 unspecified atom stereocenters. The fourth-order valence-electron chi connectivity index (χ4n) is 9.49. The molecule has 0 aliphatic heterocycles. The van der Waals surface area contributed by atoms with Crippen molar-refractivity contribution in [3.63, 3.8) is 0 Å². The van der Waals surface area contributed by atoms with Crippen molar-refractivity contribution in [2.24, 2.45) is 0 Å². The zero-order valence-electron chi connectivity index (χ0n) is 47.9. The average molecular weight is 1120 g/mol. The predicted molar refractivity (Wildman–Crippen MR) is 296 cm³/mol. The van der Waals surface area contributed by atoms with Crippen molar-refractivity contribution in [3.05, 3.63) is 24.3 Å². The van der Waals surface area contributed by atoms with Crippen LogP contribution in [0.1, 0.15) is 232 Å². The fraction of sp³-hybridized carbons (Fsp3) is 0.931. The Bertz CT molecular complexity index is 1180. The van der Waals surface area contributed by atoms with Gasteiger partial charge >= 0.3 is 0 Å². The van der Waals surface area contributed by atoms with Crippen LogP contribution in [-0.4, -0.2) is 174 Å². The maximum absolute atomic E-state index is 11.0. The molecule has 460 valence electrons. The van der Waals surface area contributed by atoms with Crippen LogP contribution in [0.15, 0.2) is 24.3 Å². The number of allylic oxidation sites excluding steroid dienone is 4. The molecule has 19 nitrogen and oxygen atoms in total. The van der Waals surface area contributed by atoms with Crippen LogP contribution in [0, 0.1) is 0 Å². The number of hydrogen-bond acceptors (Lipinski definition) is 19. The summed E-state index contributed by atoms with van der Waals surface area (Å²) < 4.78 is 6.65. The Hall–Kier alpha value is -1.28. The van der Waals surface area contributed by atoms with E-state index in [2.05, 4.69) is 38.2 Å². The smallest absolute Gasteiger partial charge is 0.138 e. The highest BCUT2D eigenvalue weighted by atomic mass is 17.5. The van der Waals surface area contributed by atoms with Gasteiger partial charge in [-0.05, 0) is 64.2 Å². The maximum atomic E-state index is 11.0. The third kappa shape index (κ3) is 40.5. The molecule has 0 aliphatic rings. The van der Waals surface area contributed by atoms with Gasteiger partial charge in [0.2, 0.25) is 0 Å². The van der Waals surface area contributed by atoms with E-state index < -0.39 is 138 Å². The van der Waals surface area contributed by atoms with Crippen LogP contribution in [0.5, 0.6) is 0 Å². The highest BCUT2D eigenvalue weighted by Crippen LogP contribution is 2.40. The van der Waals surface area contributed by atoms with Crippen LogP contribution >= 0.6 is 0 Å². The molecule has 12 N–H and O–H groups in total. The first-order valence-electron chi connectivity index (χ1n) is 30.0. The first-order chi connectivity index (χ1) is 37.4. The van der Waals surface area contributed by atoms with Crippen molar-refractivity contribution >= 4 is 0 Å². The van der Waals surface area contributed by atoms with Gasteiger partial charge in [-0.2, -0.15) is 9.78 Å². The largest absolute Gasteiger partial charge is 0.394 e. The van der Waals surface area contributed by atoms with Gasteiger partial charge in [0.05, 0.1) is 102 Å².